The van der Waals surface area contributed by atoms with Crippen molar-refractivity contribution in [1.29, 1.82) is 0 Å². The van der Waals surface area contributed by atoms with Gasteiger partial charge in [-0.1, -0.05) is 6.07 Å². The molecule has 1 saturated carbocycles. The third-order valence-corrected chi connectivity index (χ3v) is 4.11. The molecule has 96 valence electrons. The normalized spacial score (nSPS) is 29.5. The quantitative estimate of drug-likeness (QED) is 0.694. The Morgan fingerprint density at radius 1 is 1.44 bits per heavy atom. The summed E-state index contributed by atoms with van der Waals surface area (Å²) in [5.41, 5.74) is 8.36. The van der Waals surface area contributed by atoms with Gasteiger partial charge in [0.05, 0.1) is 17.4 Å². The van der Waals surface area contributed by atoms with E-state index in [1.165, 1.54) is 12.8 Å². The molecular weight excluding hydrogens is 226 g/mol. The summed E-state index contributed by atoms with van der Waals surface area (Å²) in [5, 5.41) is 6.33. The highest BCUT2D eigenvalue weighted by atomic mass is 16.2. The van der Waals surface area contributed by atoms with Gasteiger partial charge >= 0.3 is 0 Å². The van der Waals surface area contributed by atoms with Gasteiger partial charge in [0.25, 0.3) is 0 Å². The number of amides is 1. The van der Waals surface area contributed by atoms with Crippen molar-refractivity contribution in [2.24, 2.45) is 5.92 Å². The number of nitrogens with one attached hydrogen (secondary N) is 2. The van der Waals surface area contributed by atoms with Crippen LogP contribution in [0.5, 0.6) is 0 Å². The summed E-state index contributed by atoms with van der Waals surface area (Å²) in [5.74, 6) is 0.555. The van der Waals surface area contributed by atoms with Crippen LogP contribution in [0.3, 0.4) is 0 Å². The topological polar surface area (TPSA) is 67.2 Å². The Kier molecular flexibility index (Phi) is 2.74. The maximum atomic E-state index is 12.2. The van der Waals surface area contributed by atoms with Crippen molar-refractivity contribution in [1.82, 2.24) is 5.32 Å². The number of piperidine rings is 1. The molecule has 0 radical (unpaired) electrons. The molecule has 4 nitrogen and oxygen atoms in total. The molecule has 18 heavy (non-hydrogen) atoms. The molecule has 1 aromatic rings. The first-order valence-electron chi connectivity index (χ1n) is 6.56. The van der Waals surface area contributed by atoms with Crippen LogP contribution in [-0.2, 0) is 4.79 Å². The largest absolute Gasteiger partial charge is 0.397 e. The van der Waals surface area contributed by atoms with Gasteiger partial charge in [-0.15, -0.1) is 0 Å². The van der Waals surface area contributed by atoms with E-state index in [4.69, 9.17) is 5.73 Å². The molecule has 3 atom stereocenters. The van der Waals surface area contributed by atoms with E-state index >= 15 is 0 Å². The molecule has 2 fully saturated rings. The highest BCUT2D eigenvalue weighted by Crippen LogP contribution is 2.35. The summed E-state index contributed by atoms with van der Waals surface area (Å²) in [6.07, 6.45) is 3.52. The molecule has 4 N–H and O–H groups in total. The van der Waals surface area contributed by atoms with Crippen LogP contribution < -0.4 is 16.4 Å². The van der Waals surface area contributed by atoms with E-state index in [0.717, 1.165) is 17.7 Å². The summed E-state index contributed by atoms with van der Waals surface area (Å²) in [7, 11) is 0. The van der Waals surface area contributed by atoms with Crippen LogP contribution in [0.2, 0.25) is 0 Å². The van der Waals surface area contributed by atoms with E-state index in [1.54, 1.807) is 0 Å². The number of fused-ring (bicyclic) bond motifs is 2. The molecule has 3 unspecified atom stereocenters. The molecule has 1 saturated heterocycles. The number of hydrogen-bond acceptors (Lipinski definition) is 3. The summed E-state index contributed by atoms with van der Waals surface area (Å²) < 4.78 is 0. The molecule has 1 aliphatic carbocycles. The lowest BCUT2D eigenvalue weighted by atomic mass is 9.99. The molecular formula is C14H19N3O. The Hall–Kier alpha value is -1.55. The van der Waals surface area contributed by atoms with Gasteiger partial charge in [0.15, 0.2) is 0 Å². The molecule has 0 spiro atoms. The van der Waals surface area contributed by atoms with Crippen LogP contribution >= 0.6 is 0 Å². The van der Waals surface area contributed by atoms with Crippen LogP contribution in [0.1, 0.15) is 24.8 Å². The van der Waals surface area contributed by atoms with Crippen LogP contribution in [0, 0.1) is 12.8 Å². The highest BCUT2D eigenvalue weighted by molar-refractivity contribution is 5.97. The fourth-order valence-electron chi connectivity index (χ4n) is 3.16. The zero-order valence-electron chi connectivity index (χ0n) is 10.6. The molecule has 1 aliphatic heterocycles. The number of aryl methyl sites for hydroxylation is 1. The first-order valence-corrected chi connectivity index (χ1v) is 6.56. The van der Waals surface area contributed by atoms with Gasteiger partial charge < -0.3 is 16.4 Å². The maximum Gasteiger partial charge on any atom is 0.241 e. The number of carbonyl (C=O) groups excluding carboxylic acids is 1. The average molecular weight is 245 g/mol. The number of rotatable bonds is 2. The molecule has 2 aliphatic rings. The Morgan fingerprint density at radius 3 is 2.89 bits per heavy atom. The molecule has 2 bridgehead atoms. The molecule has 1 aromatic carbocycles. The van der Waals surface area contributed by atoms with Crippen molar-refractivity contribution >= 4 is 17.3 Å². The first-order chi connectivity index (χ1) is 8.63. The number of benzene rings is 1. The summed E-state index contributed by atoms with van der Waals surface area (Å²) in [6, 6.07) is 6.21. The third-order valence-electron chi connectivity index (χ3n) is 4.11. The second-order valence-electron chi connectivity index (χ2n) is 5.49. The van der Waals surface area contributed by atoms with E-state index in [9.17, 15) is 4.79 Å². The lowest BCUT2D eigenvalue weighted by molar-refractivity contribution is -0.119. The third kappa shape index (κ3) is 1.97. The SMILES string of the molecule is Cc1ccc(NC(=O)C2NC3CCC2C3)c(N)c1. The minimum Gasteiger partial charge on any atom is -0.397 e. The van der Waals surface area contributed by atoms with Crippen molar-refractivity contribution in [2.75, 3.05) is 11.1 Å². The Morgan fingerprint density at radius 2 is 2.28 bits per heavy atom. The van der Waals surface area contributed by atoms with E-state index in [1.807, 2.05) is 25.1 Å². The van der Waals surface area contributed by atoms with Gasteiger partial charge in [0.1, 0.15) is 0 Å². The van der Waals surface area contributed by atoms with Crippen molar-refractivity contribution in [3.63, 3.8) is 0 Å². The van der Waals surface area contributed by atoms with Crippen LogP contribution in [0.25, 0.3) is 0 Å². The average Bonchev–Trinajstić information content (AvgIpc) is 2.94. The summed E-state index contributed by atoms with van der Waals surface area (Å²) in [4.78, 5) is 12.2. The van der Waals surface area contributed by atoms with Crippen molar-refractivity contribution in [3.8, 4) is 0 Å². The Balaban J connectivity index is 1.71. The molecule has 1 amide bonds. The monoisotopic (exact) mass is 245 g/mol. The van der Waals surface area contributed by atoms with Gasteiger partial charge in [-0.05, 0) is 49.8 Å². The second-order valence-corrected chi connectivity index (χ2v) is 5.49. The molecule has 0 aromatic heterocycles. The van der Waals surface area contributed by atoms with Crippen LogP contribution in [0.15, 0.2) is 18.2 Å². The zero-order chi connectivity index (χ0) is 12.7. The minimum absolute atomic E-state index is 0.0375. The van der Waals surface area contributed by atoms with Gasteiger partial charge in [-0.3, -0.25) is 4.79 Å². The van der Waals surface area contributed by atoms with E-state index < -0.39 is 0 Å². The number of nitrogen functional groups attached to an aromatic ring is 1. The summed E-state index contributed by atoms with van der Waals surface area (Å²) in [6.45, 7) is 1.99. The fourth-order valence-corrected chi connectivity index (χ4v) is 3.16. The van der Waals surface area contributed by atoms with Crippen molar-refractivity contribution < 1.29 is 4.79 Å². The van der Waals surface area contributed by atoms with E-state index in [0.29, 0.717) is 17.6 Å². The highest BCUT2D eigenvalue weighted by Gasteiger charge is 2.42. The lowest BCUT2D eigenvalue weighted by Gasteiger charge is -2.22. The van der Waals surface area contributed by atoms with Crippen LogP contribution in [0.4, 0.5) is 11.4 Å². The number of hydrogen-bond donors (Lipinski definition) is 3. The molecule has 4 heteroatoms. The second kappa shape index (κ2) is 4.28. The zero-order valence-corrected chi connectivity index (χ0v) is 10.6. The first kappa shape index (κ1) is 11.5. The van der Waals surface area contributed by atoms with E-state index in [2.05, 4.69) is 10.6 Å². The Bertz CT molecular complexity index is 486. The minimum atomic E-state index is -0.0375. The van der Waals surface area contributed by atoms with E-state index in [-0.39, 0.29) is 11.9 Å². The smallest absolute Gasteiger partial charge is 0.241 e. The number of nitrogens with two attached hydrogens (primary N) is 1. The number of carbonyl (C=O) groups is 1. The standard InChI is InChI=1S/C14H19N3O/c1-8-2-5-12(11(15)6-8)17-14(18)13-9-3-4-10(7-9)16-13/h2,5-6,9-10,13,16H,3-4,7,15H2,1H3,(H,17,18). The van der Waals surface area contributed by atoms with Gasteiger partial charge in [0, 0.05) is 6.04 Å². The summed E-state index contributed by atoms with van der Waals surface area (Å²) >= 11 is 0. The van der Waals surface area contributed by atoms with Crippen LogP contribution in [-0.4, -0.2) is 18.0 Å². The molecule has 3 rings (SSSR count). The molecule has 1 heterocycles. The predicted octanol–water partition coefficient (Wildman–Crippen LogP) is 1.66. The fraction of sp³-hybridized carbons (Fsp3) is 0.500. The lowest BCUT2D eigenvalue weighted by Crippen LogP contribution is -2.44. The maximum absolute atomic E-state index is 12.2. The van der Waals surface area contributed by atoms with Crippen molar-refractivity contribution in [3.05, 3.63) is 23.8 Å². The predicted molar refractivity (Wildman–Crippen MR) is 72.3 cm³/mol. The van der Waals surface area contributed by atoms with Crippen molar-refractivity contribution in [2.45, 2.75) is 38.3 Å². The van der Waals surface area contributed by atoms with Gasteiger partial charge in [-0.2, -0.15) is 0 Å². The Labute approximate surface area is 107 Å². The van der Waals surface area contributed by atoms with Gasteiger partial charge in [-0.25, -0.2) is 0 Å². The van der Waals surface area contributed by atoms with Gasteiger partial charge in [0.2, 0.25) is 5.91 Å². The number of anilines is 2.